The highest BCUT2D eigenvalue weighted by Gasteiger charge is 2.15. The van der Waals surface area contributed by atoms with Gasteiger partial charge in [-0.1, -0.05) is 0 Å². The van der Waals surface area contributed by atoms with Crippen molar-refractivity contribution in [3.05, 3.63) is 11.8 Å². The predicted octanol–water partition coefficient (Wildman–Crippen LogP) is 1.79. The van der Waals surface area contributed by atoms with Gasteiger partial charge in [0.25, 0.3) is 0 Å². The van der Waals surface area contributed by atoms with Gasteiger partial charge in [0.15, 0.2) is 0 Å². The quantitative estimate of drug-likeness (QED) is 0.736. The van der Waals surface area contributed by atoms with Crippen molar-refractivity contribution in [2.24, 2.45) is 0 Å². The summed E-state index contributed by atoms with van der Waals surface area (Å²) in [6, 6.07) is 0. The van der Waals surface area contributed by atoms with E-state index in [1.54, 1.807) is 0 Å². The molecular weight excluding hydrogens is 232 g/mol. The van der Waals surface area contributed by atoms with E-state index >= 15 is 0 Å². The van der Waals surface area contributed by atoms with Crippen molar-refractivity contribution >= 4 is 6.09 Å². The fourth-order valence-corrected chi connectivity index (χ4v) is 1.51. The highest BCUT2D eigenvalue weighted by Crippen LogP contribution is 2.08. The fourth-order valence-electron chi connectivity index (χ4n) is 1.51. The van der Waals surface area contributed by atoms with Crippen LogP contribution in [0.2, 0.25) is 0 Å². The molecule has 0 bridgehead atoms. The van der Waals surface area contributed by atoms with Crippen LogP contribution in [-0.4, -0.2) is 37.9 Å². The van der Waals surface area contributed by atoms with Crippen LogP contribution in [0.25, 0.3) is 0 Å². The average molecular weight is 256 g/mol. The molecule has 0 radical (unpaired) electrons. The molecule has 1 amide bonds. The number of ether oxygens (including phenoxy) is 2. The van der Waals surface area contributed by atoms with Crippen molar-refractivity contribution in [2.75, 3.05) is 26.2 Å². The maximum atomic E-state index is 11.3. The Kier molecular flexibility index (Phi) is 5.98. The molecule has 1 aliphatic heterocycles. The Morgan fingerprint density at radius 3 is 2.83 bits per heavy atom. The maximum Gasteiger partial charge on any atom is 0.407 e. The standard InChI is InChI=1S/C13H24N2O3/c1-13(2,3)18-12(16)15-8-7-14-10-11-6-4-5-9-17-11/h6,14H,4-5,7-10H2,1-3H3,(H,15,16). The Morgan fingerprint density at radius 1 is 1.44 bits per heavy atom. The van der Waals surface area contributed by atoms with E-state index in [4.69, 9.17) is 9.47 Å². The molecule has 0 atom stereocenters. The largest absolute Gasteiger partial charge is 0.497 e. The van der Waals surface area contributed by atoms with Gasteiger partial charge in [0.2, 0.25) is 0 Å². The lowest BCUT2D eigenvalue weighted by Crippen LogP contribution is -2.36. The number of nitrogens with one attached hydrogen (secondary N) is 2. The summed E-state index contributed by atoms with van der Waals surface area (Å²) in [7, 11) is 0. The van der Waals surface area contributed by atoms with Crippen LogP contribution in [0.1, 0.15) is 33.6 Å². The van der Waals surface area contributed by atoms with E-state index in [-0.39, 0.29) is 6.09 Å². The van der Waals surface area contributed by atoms with Crippen molar-refractivity contribution in [2.45, 2.75) is 39.2 Å². The molecule has 1 heterocycles. The zero-order valence-corrected chi connectivity index (χ0v) is 11.5. The molecule has 0 unspecified atom stereocenters. The molecule has 104 valence electrons. The zero-order valence-electron chi connectivity index (χ0n) is 11.5. The molecule has 2 N–H and O–H groups in total. The number of amides is 1. The minimum absolute atomic E-state index is 0.377. The minimum atomic E-state index is -0.446. The first-order chi connectivity index (χ1) is 8.47. The lowest BCUT2D eigenvalue weighted by Gasteiger charge is -2.20. The van der Waals surface area contributed by atoms with E-state index in [0.717, 1.165) is 31.8 Å². The molecule has 0 saturated heterocycles. The van der Waals surface area contributed by atoms with Gasteiger partial charge in [-0.15, -0.1) is 0 Å². The third kappa shape index (κ3) is 7.17. The van der Waals surface area contributed by atoms with Crippen LogP contribution in [0.3, 0.4) is 0 Å². The van der Waals surface area contributed by atoms with E-state index in [1.165, 1.54) is 0 Å². The number of carbonyl (C=O) groups is 1. The summed E-state index contributed by atoms with van der Waals surface area (Å²) < 4.78 is 10.6. The van der Waals surface area contributed by atoms with Crippen LogP contribution >= 0.6 is 0 Å². The third-order valence-electron chi connectivity index (χ3n) is 2.28. The van der Waals surface area contributed by atoms with Gasteiger partial charge < -0.3 is 20.1 Å². The molecule has 5 nitrogen and oxygen atoms in total. The van der Waals surface area contributed by atoms with Crippen LogP contribution < -0.4 is 10.6 Å². The molecule has 18 heavy (non-hydrogen) atoms. The fraction of sp³-hybridized carbons (Fsp3) is 0.769. The number of allylic oxidation sites excluding steroid dienone is 1. The van der Waals surface area contributed by atoms with Gasteiger partial charge in [-0.2, -0.15) is 0 Å². The van der Waals surface area contributed by atoms with Crippen molar-refractivity contribution < 1.29 is 14.3 Å². The Bertz CT molecular complexity index is 295. The third-order valence-corrected chi connectivity index (χ3v) is 2.28. The first kappa shape index (κ1) is 14.8. The summed E-state index contributed by atoms with van der Waals surface area (Å²) in [6.07, 6.45) is 3.92. The Morgan fingerprint density at radius 2 is 2.22 bits per heavy atom. The number of carbonyl (C=O) groups excluding carboxylic acids is 1. The first-order valence-corrected chi connectivity index (χ1v) is 6.47. The van der Waals surface area contributed by atoms with E-state index < -0.39 is 5.60 Å². The molecular formula is C13H24N2O3. The molecule has 5 heteroatoms. The Balaban J connectivity index is 2.01. The summed E-state index contributed by atoms with van der Waals surface area (Å²) in [5.41, 5.74) is -0.446. The minimum Gasteiger partial charge on any atom is -0.497 e. The first-order valence-electron chi connectivity index (χ1n) is 6.47. The van der Waals surface area contributed by atoms with Gasteiger partial charge in [-0.3, -0.25) is 0 Å². The van der Waals surface area contributed by atoms with E-state index in [1.807, 2.05) is 20.8 Å². The number of rotatable bonds is 5. The van der Waals surface area contributed by atoms with Gasteiger partial charge >= 0.3 is 6.09 Å². The molecule has 0 aliphatic carbocycles. The SMILES string of the molecule is CC(C)(C)OC(=O)NCCNCC1=CCCCO1. The number of hydrogen-bond acceptors (Lipinski definition) is 4. The second-order valence-corrected chi connectivity index (χ2v) is 5.27. The molecule has 0 aromatic carbocycles. The van der Waals surface area contributed by atoms with Crippen molar-refractivity contribution in [1.29, 1.82) is 0 Å². The van der Waals surface area contributed by atoms with Gasteiger partial charge in [-0.05, 0) is 39.7 Å². The summed E-state index contributed by atoms with van der Waals surface area (Å²) in [4.78, 5) is 11.3. The topological polar surface area (TPSA) is 59.6 Å². The van der Waals surface area contributed by atoms with Crippen molar-refractivity contribution in [1.82, 2.24) is 10.6 Å². The molecule has 1 aliphatic rings. The van der Waals surface area contributed by atoms with Crippen molar-refractivity contribution in [3.63, 3.8) is 0 Å². The molecule has 0 spiro atoms. The van der Waals surface area contributed by atoms with Crippen LogP contribution in [0.4, 0.5) is 4.79 Å². The van der Waals surface area contributed by atoms with Gasteiger partial charge in [-0.25, -0.2) is 4.79 Å². The van der Waals surface area contributed by atoms with E-state index in [2.05, 4.69) is 16.7 Å². The predicted molar refractivity (Wildman–Crippen MR) is 70.4 cm³/mol. The van der Waals surface area contributed by atoms with E-state index in [0.29, 0.717) is 13.1 Å². The smallest absolute Gasteiger partial charge is 0.407 e. The van der Waals surface area contributed by atoms with Gasteiger partial charge in [0.1, 0.15) is 11.4 Å². The average Bonchev–Trinajstić information content (AvgIpc) is 2.27. The molecule has 1 rings (SSSR count). The van der Waals surface area contributed by atoms with Gasteiger partial charge in [0, 0.05) is 13.1 Å². The van der Waals surface area contributed by atoms with Crippen LogP contribution in [0, 0.1) is 0 Å². The second-order valence-electron chi connectivity index (χ2n) is 5.27. The monoisotopic (exact) mass is 256 g/mol. The maximum absolute atomic E-state index is 11.3. The summed E-state index contributed by atoms with van der Waals surface area (Å²) in [5, 5.41) is 5.90. The lowest BCUT2D eigenvalue weighted by atomic mass is 10.2. The summed E-state index contributed by atoms with van der Waals surface area (Å²) in [5.74, 6) is 0.999. The van der Waals surface area contributed by atoms with Crippen LogP contribution in [0.5, 0.6) is 0 Å². The highest BCUT2D eigenvalue weighted by molar-refractivity contribution is 5.67. The van der Waals surface area contributed by atoms with Crippen molar-refractivity contribution in [3.8, 4) is 0 Å². The normalized spacial score (nSPS) is 15.6. The molecule has 0 fully saturated rings. The van der Waals surface area contributed by atoms with E-state index in [9.17, 15) is 4.79 Å². The zero-order chi connectivity index (χ0) is 13.4. The molecule has 0 saturated carbocycles. The van der Waals surface area contributed by atoms with Crippen LogP contribution in [0.15, 0.2) is 11.8 Å². The Labute approximate surface area is 109 Å². The highest BCUT2D eigenvalue weighted by atomic mass is 16.6. The summed E-state index contributed by atoms with van der Waals surface area (Å²) >= 11 is 0. The Hall–Kier alpha value is -1.23. The van der Waals surface area contributed by atoms with Crippen LogP contribution in [-0.2, 0) is 9.47 Å². The second kappa shape index (κ2) is 7.26. The summed E-state index contributed by atoms with van der Waals surface area (Å²) in [6.45, 7) is 8.30. The molecule has 0 aromatic rings. The van der Waals surface area contributed by atoms with Gasteiger partial charge in [0.05, 0.1) is 13.2 Å². The number of alkyl carbamates (subject to hydrolysis) is 1. The lowest BCUT2D eigenvalue weighted by molar-refractivity contribution is 0.0528. The molecule has 0 aromatic heterocycles. The number of hydrogen-bond donors (Lipinski definition) is 2.